The highest BCUT2D eigenvalue weighted by molar-refractivity contribution is 5.51. The number of benzene rings is 1. The lowest BCUT2D eigenvalue weighted by Crippen LogP contribution is -2.46. The molecule has 4 rings (SSSR count). The number of nitrogens with zero attached hydrogens (tertiary/aromatic N) is 2. The predicted octanol–water partition coefficient (Wildman–Crippen LogP) is 1.99. The molecule has 3 heterocycles. The summed E-state index contributed by atoms with van der Waals surface area (Å²) in [6.45, 7) is 6.15. The average molecular weight is 346 g/mol. The van der Waals surface area contributed by atoms with Crippen LogP contribution in [0.15, 0.2) is 24.3 Å². The fourth-order valence-electron chi connectivity index (χ4n) is 4.94. The summed E-state index contributed by atoms with van der Waals surface area (Å²) in [5.41, 5.74) is 1.25. The molecule has 25 heavy (non-hydrogen) atoms. The summed E-state index contributed by atoms with van der Waals surface area (Å²) in [6, 6.07) is 9.00. The maximum Gasteiger partial charge on any atom is 0.120 e. The first kappa shape index (κ1) is 17.1. The van der Waals surface area contributed by atoms with Gasteiger partial charge in [0.25, 0.3) is 0 Å². The minimum absolute atomic E-state index is 0.0117. The van der Waals surface area contributed by atoms with E-state index in [4.69, 9.17) is 9.47 Å². The number of aliphatic hydroxyl groups excluding tert-OH is 1. The Kier molecular flexibility index (Phi) is 4.89. The van der Waals surface area contributed by atoms with Gasteiger partial charge in [-0.25, -0.2) is 0 Å². The van der Waals surface area contributed by atoms with Crippen LogP contribution in [0.4, 0.5) is 5.69 Å². The first-order valence-electron chi connectivity index (χ1n) is 9.56. The van der Waals surface area contributed by atoms with E-state index in [2.05, 4.69) is 28.0 Å². The van der Waals surface area contributed by atoms with Gasteiger partial charge in [0.15, 0.2) is 0 Å². The molecule has 1 N–H and O–H groups in total. The van der Waals surface area contributed by atoms with Gasteiger partial charge in [0, 0.05) is 56.0 Å². The van der Waals surface area contributed by atoms with Crippen LogP contribution in [0.5, 0.6) is 5.75 Å². The Bertz CT molecular complexity index is 588. The Morgan fingerprint density at radius 2 is 2.12 bits per heavy atom. The molecule has 3 saturated heterocycles. The first-order chi connectivity index (χ1) is 12.2. The molecule has 3 fully saturated rings. The van der Waals surface area contributed by atoms with E-state index in [1.165, 1.54) is 18.5 Å². The Hall–Kier alpha value is -1.30. The summed E-state index contributed by atoms with van der Waals surface area (Å²) in [4.78, 5) is 5.10. The summed E-state index contributed by atoms with van der Waals surface area (Å²) >= 11 is 0. The molecular weight excluding hydrogens is 316 g/mol. The lowest BCUT2D eigenvalue weighted by molar-refractivity contribution is -0.0566. The van der Waals surface area contributed by atoms with E-state index in [-0.39, 0.29) is 12.0 Å². The van der Waals surface area contributed by atoms with Gasteiger partial charge in [0.1, 0.15) is 5.75 Å². The van der Waals surface area contributed by atoms with Crippen molar-refractivity contribution in [2.24, 2.45) is 11.3 Å². The van der Waals surface area contributed by atoms with Crippen LogP contribution >= 0.6 is 0 Å². The van der Waals surface area contributed by atoms with Crippen LogP contribution in [-0.2, 0) is 4.74 Å². The zero-order chi connectivity index (χ0) is 17.3. The SMILES string of the molecule is COc1cccc(N2CCC(N3C[C@@H]4CCOC[C@]4(CO)C3)CC2)c1. The van der Waals surface area contributed by atoms with E-state index in [0.29, 0.717) is 12.0 Å². The van der Waals surface area contributed by atoms with Gasteiger partial charge in [-0.05, 0) is 37.3 Å². The van der Waals surface area contributed by atoms with E-state index in [1.807, 2.05) is 6.07 Å². The standard InChI is InChI=1S/C20H30N2O3/c1-24-19-4-2-3-18(11-19)21-8-5-17(6-9-21)22-12-16-7-10-25-15-20(16,13-22)14-23/h2-4,11,16-17,23H,5-10,12-15H2,1H3/t16-,20+/m0/s1. The Labute approximate surface area is 150 Å². The van der Waals surface area contributed by atoms with Crippen molar-refractivity contribution < 1.29 is 14.6 Å². The number of piperidine rings is 1. The van der Waals surface area contributed by atoms with Crippen LogP contribution < -0.4 is 9.64 Å². The van der Waals surface area contributed by atoms with Crippen molar-refractivity contribution in [3.8, 4) is 5.75 Å². The highest BCUT2D eigenvalue weighted by Crippen LogP contribution is 2.42. The van der Waals surface area contributed by atoms with Crippen molar-refractivity contribution >= 4 is 5.69 Å². The number of aliphatic hydroxyl groups is 1. The molecule has 1 aromatic rings. The summed E-state index contributed by atoms with van der Waals surface area (Å²) in [6.07, 6.45) is 3.47. The molecule has 1 aromatic carbocycles. The fourth-order valence-corrected chi connectivity index (χ4v) is 4.94. The van der Waals surface area contributed by atoms with Crippen molar-refractivity contribution in [2.75, 3.05) is 58.0 Å². The summed E-state index contributed by atoms with van der Waals surface area (Å²) < 4.78 is 11.1. The molecule has 5 nitrogen and oxygen atoms in total. The summed E-state index contributed by atoms with van der Waals surface area (Å²) in [7, 11) is 1.72. The number of ether oxygens (including phenoxy) is 2. The third-order valence-electron chi connectivity index (χ3n) is 6.55. The molecule has 2 atom stereocenters. The van der Waals surface area contributed by atoms with E-state index >= 15 is 0 Å². The van der Waals surface area contributed by atoms with Crippen molar-refractivity contribution in [1.29, 1.82) is 0 Å². The normalized spacial score (nSPS) is 31.1. The predicted molar refractivity (Wildman–Crippen MR) is 98.2 cm³/mol. The molecule has 0 bridgehead atoms. The smallest absolute Gasteiger partial charge is 0.120 e. The molecule has 0 saturated carbocycles. The summed E-state index contributed by atoms with van der Waals surface area (Å²) in [5, 5.41) is 9.98. The molecule has 0 aromatic heterocycles. The quantitative estimate of drug-likeness (QED) is 0.903. The molecule has 0 radical (unpaired) electrons. The van der Waals surface area contributed by atoms with E-state index in [1.54, 1.807) is 7.11 Å². The fraction of sp³-hybridized carbons (Fsp3) is 0.700. The van der Waals surface area contributed by atoms with Crippen LogP contribution in [0.25, 0.3) is 0 Å². The highest BCUT2D eigenvalue weighted by Gasteiger charge is 2.49. The molecule has 0 spiro atoms. The average Bonchev–Trinajstić information content (AvgIpc) is 3.08. The third-order valence-corrected chi connectivity index (χ3v) is 6.55. The van der Waals surface area contributed by atoms with E-state index in [0.717, 1.165) is 51.6 Å². The van der Waals surface area contributed by atoms with Crippen molar-refractivity contribution in [1.82, 2.24) is 4.90 Å². The Morgan fingerprint density at radius 1 is 1.28 bits per heavy atom. The molecule has 0 unspecified atom stereocenters. The maximum absolute atomic E-state index is 9.98. The van der Waals surface area contributed by atoms with Crippen LogP contribution in [0.2, 0.25) is 0 Å². The molecule has 0 aliphatic carbocycles. The van der Waals surface area contributed by atoms with Gasteiger partial charge in [0.05, 0.1) is 20.3 Å². The van der Waals surface area contributed by atoms with Crippen LogP contribution in [0, 0.1) is 11.3 Å². The number of hydrogen-bond acceptors (Lipinski definition) is 5. The second-order valence-electron chi connectivity index (χ2n) is 7.91. The molecular formula is C20H30N2O3. The van der Waals surface area contributed by atoms with Gasteiger partial charge in [0.2, 0.25) is 0 Å². The Morgan fingerprint density at radius 3 is 2.84 bits per heavy atom. The zero-order valence-electron chi connectivity index (χ0n) is 15.2. The number of methoxy groups -OCH3 is 1. The number of likely N-dealkylation sites (tertiary alicyclic amines) is 1. The first-order valence-corrected chi connectivity index (χ1v) is 9.56. The molecule has 3 aliphatic rings. The lowest BCUT2D eigenvalue weighted by Gasteiger charge is -2.39. The second kappa shape index (κ2) is 7.14. The minimum atomic E-state index is -0.0117. The topological polar surface area (TPSA) is 45.2 Å². The highest BCUT2D eigenvalue weighted by atomic mass is 16.5. The summed E-state index contributed by atoms with van der Waals surface area (Å²) in [5.74, 6) is 1.52. The molecule has 0 amide bonds. The van der Waals surface area contributed by atoms with E-state index in [9.17, 15) is 5.11 Å². The van der Waals surface area contributed by atoms with Crippen molar-refractivity contribution in [2.45, 2.75) is 25.3 Å². The number of anilines is 1. The van der Waals surface area contributed by atoms with Crippen LogP contribution in [0.1, 0.15) is 19.3 Å². The van der Waals surface area contributed by atoms with Crippen LogP contribution in [-0.4, -0.2) is 69.2 Å². The van der Waals surface area contributed by atoms with Gasteiger partial charge < -0.3 is 19.5 Å². The Balaban J connectivity index is 1.37. The molecule has 138 valence electrons. The second-order valence-corrected chi connectivity index (χ2v) is 7.91. The number of hydrogen-bond donors (Lipinski definition) is 1. The van der Waals surface area contributed by atoms with Gasteiger partial charge in [-0.2, -0.15) is 0 Å². The third kappa shape index (κ3) is 3.25. The largest absolute Gasteiger partial charge is 0.497 e. The van der Waals surface area contributed by atoms with Crippen molar-refractivity contribution in [3.05, 3.63) is 24.3 Å². The van der Waals surface area contributed by atoms with Gasteiger partial charge in [-0.3, -0.25) is 4.90 Å². The monoisotopic (exact) mass is 346 g/mol. The molecule has 5 heteroatoms. The maximum atomic E-state index is 9.98. The lowest BCUT2D eigenvalue weighted by atomic mass is 9.76. The van der Waals surface area contributed by atoms with Crippen molar-refractivity contribution in [3.63, 3.8) is 0 Å². The van der Waals surface area contributed by atoms with Gasteiger partial charge in [-0.15, -0.1) is 0 Å². The molecule has 3 aliphatic heterocycles. The van der Waals surface area contributed by atoms with E-state index < -0.39 is 0 Å². The minimum Gasteiger partial charge on any atom is -0.497 e. The van der Waals surface area contributed by atoms with Gasteiger partial charge in [-0.1, -0.05) is 6.07 Å². The number of fused-ring (bicyclic) bond motifs is 1. The van der Waals surface area contributed by atoms with Gasteiger partial charge >= 0.3 is 0 Å². The zero-order valence-corrected chi connectivity index (χ0v) is 15.2. The number of rotatable bonds is 4. The van der Waals surface area contributed by atoms with Crippen LogP contribution in [0.3, 0.4) is 0 Å².